The average Bonchev–Trinajstić information content (AvgIpc) is 2.15. The van der Waals surface area contributed by atoms with Crippen LogP contribution in [0.1, 0.15) is 31.4 Å². The summed E-state index contributed by atoms with van der Waals surface area (Å²) in [6.07, 6.45) is -5.28. The Morgan fingerprint density at radius 2 is 1.71 bits per heavy atom. The summed E-state index contributed by atoms with van der Waals surface area (Å²) in [5, 5.41) is 0. The molecule has 1 aromatic carbocycles. The fourth-order valence-electron chi connectivity index (χ4n) is 1.93. The Labute approximate surface area is 98.6 Å². The van der Waals surface area contributed by atoms with Gasteiger partial charge in [-0.3, -0.25) is 4.79 Å². The number of halogens is 3. The van der Waals surface area contributed by atoms with Crippen LogP contribution < -0.4 is 0 Å². The Morgan fingerprint density at radius 3 is 2.18 bits per heavy atom. The van der Waals surface area contributed by atoms with Crippen LogP contribution in [0.25, 0.3) is 0 Å². The number of rotatable bonds is 3. The number of hydrogen-bond donors (Lipinski definition) is 0. The zero-order valence-electron chi connectivity index (χ0n) is 10.1. The fourth-order valence-corrected chi connectivity index (χ4v) is 1.93. The van der Waals surface area contributed by atoms with E-state index in [1.165, 1.54) is 0 Å². The lowest BCUT2D eigenvalue weighted by atomic mass is 9.78. The summed E-state index contributed by atoms with van der Waals surface area (Å²) in [4.78, 5) is 11.0. The van der Waals surface area contributed by atoms with Crippen LogP contribution in [0, 0.1) is 6.92 Å². The smallest absolute Gasteiger partial charge is 0.290 e. The first-order valence-electron chi connectivity index (χ1n) is 5.31. The number of Topliss-reactive ketones (excluding diaryl/α,β-unsaturated/α-hetero) is 1. The van der Waals surface area contributed by atoms with Crippen LogP contribution in [0.2, 0.25) is 0 Å². The fraction of sp³-hybridized carbons (Fsp3) is 0.462. The van der Waals surface area contributed by atoms with Crippen LogP contribution in [0.4, 0.5) is 13.2 Å². The molecule has 0 spiro atoms. The Balaban J connectivity index is 2.97. The SMILES string of the molecule is Cc1ccccc1C(C)(C)CC(=O)C(F)(F)F. The minimum absolute atomic E-state index is 0.526. The highest BCUT2D eigenvalue weighted by molar-refractivity contribution is 5.85. The maximum atomic E-state index is 12.2. The Bertz CT molecular complexity index is 419. The van der Waals surface area contributed by atoms with Gasteiger partial charge in [-0.05, 0) is 23.5 Å². The van der Waals surface area contributed by atoms with E-state index in [9.17, 15) is 18.0 Å². The minimum Gasteiger partial charge on any atom is -0.290 e. The van der Waals surface area contributed by atoms with Gasteiger partial charge in [0.25, 0.3) is 0 Å². The third-order valence-electron chi connectivity index (χ3n) is 2.79. The lowest BCUT2D eigenvalue weighted by molar-refractivity contribution is -0.172. The molecule has 17 heavy (non-hydrogen) atoms. The molecule has 4 heteroatoms. The number of carbonyl (C=O) groups is 1. The van der Waals surface area contributed by atoms with Gasteiger partial charge in [0.15, 0.2) is 0 Å². The summed E-state index contributed by atoms with van der Waals surface area (Å²) in [5.74, 6) is -1.68. The van der Waals surface area contributed by atoms with Gasteiger partial charge in [-0.25, -0.2) is 0 Å². The molecule has 0 atom stereocenters. The van der Waals surface area contributed by atoms with Crippen LogP contribution in [0.15, 0.2) is 24.3 Å². The molecule has 0 amide bonds. The summed E-state index contributed by atoms with van der Waals surface area (Å²) >= 11 is 0. The Hall–Kier alpha value is -1.32. The predicted octanol–water partition coefficient (Wildman–Crippen LogP) is 3.79. The van der Waals surface area contributed by atoms with E-state index in [2.05, 4.69) is 0 Å². The molecule has 0 bridgehead atoms. The molecule has 0 fully saturated rings. The van der Waals surface area contributed by atoms with E-state index in [4.69, 9.17) is 0 Å². The second-order valence-electron chi connectivity index (χ2n) is 4.80. The summed E-state index contributed by atoms with van der Waals surface area (Å²) in [7, 11) is 0. The Morgan fingerprint density at radius 1 is 1.18 bits per heavy atom. The summed E-state index contributed by atoms with van der Waals surface area (Å²) < 4.78 is 36.7. The lowest BCUT2D eigenvalue weighted by Gasteiger charge is -2.26. The van der Waals surface area contributed by atoms with E-state index in [-0.39, 0.29) is 0 Å². The molecular weight excluding hydrogens is 229 g/mol. The number of hydrogen-bond acceptors (Lipinski definition) is 1. The van der Waals surface area contributed by atoms with E-state index in [1.54, 1.807) is 26.0 Å². The third-order valence-corrected chi connectivity index (χ3v) is 2.79. The maximum Gasteiger partial charge on any atom is 0.450 e. The van der Waals surface area contributed by atoms with Crippen LogP contribution in [-0.4, -0.2) is 12.0 Å². The van der Waals surface area contributed by atoms with Crippen molar-refractivity contribution in [3.63, 3.8) is 0 Å². The molecule has 0 unspecified atom stereocenters. The van der Waals surface area contributed by atoms with Crippen molar-refractivity contribution >= 4 is 5.78 Å². The highest BCUT2D eigenvalue weighted by atomic mass is 19.4. The van der Waals surface area contributed by atoms with Crippen molar-refractivity contribution in [1.29, 1.82) is 0 Å². The minimum atomic E-state index is -4.75. The van der Waals surface area contributed by atoms with Crippen molar-refractivity contribution in [2.45, 2.75) is 38.8 Å². The van der Waals surface area contributed by atoms with Crippen LogP contribution in [0.3, 0.4) is 0 Å². The molecule has 1 rings (SSSR count). The van der Waals surface area contributed by atoms with Crippen molar-refractivity contribution in [3.8, 4) is 0 Å². The first-order valence-corrected chi connectivity index (χ1v) is 5.31. The van der Waals surface area contributed by atoms with Gasteiger partial charge in [-0.1, -0.05) is 38.1 Å². The second-order valence-corrected chi connectivity index (χ2v) is 4.80. The average molecular weight is 244 g/mol. The number of ketones is 1. The number of carbonyl (C=O) groups excluding carboxylic acids is 1. The summed E-state index contributed by atoms with van der Waals surface area (Å²) in [5.41, 5.74) is 0.864. The molecular formula is C13H15F3O. The largest absolute Gasteiger partial charge is 0.450 e. The van der Waals surface area contributed by atoms with Crippen molar-refractivity contribution in [1.82, 2.24) is 0 Å². The van der Waals surface area contributed by atoms with E-state index < -0.39 is 23.8 Å². The van der Waals surface area contributed by atoms with Gasteiger partial charge in [0.1, 0.15) is 0 Å². The highest BCUT2D eigenvalue weighted by Crippen LogP contribution is 2.32. The molecule has 0 heterocycles. The molecule has 0 N–H and O–H groups in total. The first kappa shape index (κ1) is 13.7. The van der Waals surface area contributed by atoms with E-state index >= 15 is 0 Å². The molecule has 1 nitrogen and oxygen atoms in total. The zero-order chi connectivity index (χ0) is 13.3. The van der Waals surface area contributed by atoms with Gasteiger partial charge >= 0.3 is 6.18 Å². The molecule has 1 aromatic rings. The lowest BCUT2D eigenvalue weighted by Crippen LogP contribution is -2.31. The monoisotopic (exact) mass is 244 g/mol. The van der Waals surface area contributed by atoms with E-state index in [1.807, 2.05) is 19.1 Å². The quantitative estimate of drug-likeness (QED) is 0.790. The van der Waals surface area contributed by atoms with Gasteiger partial charge < -0.3 is 0 Å². The first-order chi connectivity index (χ1) is 7.64. The van der Waals surface area contributed by atoms with Crippen molar-refractivity contribution in [3.05, 3.63) is 35.4 Å². The van der Waals surface area contributed by atoms with Crippen molar-refractivity contribution in [2.75, 3.05) is 0 Å². The number of aryl methyl sites for hydroxylation is 1. The van der Waals surface area contributed by atoms with Gasteiger partial charge in [-0.2, -0.15) is 13.2 Å². The van der Waals surface area contributed by atoms with Crippen LogP contribution in [0.5, 0.6) is 0 Å². The summed E-state index contributed by atoms with van der Waals surface area (Å²) in [6, 6.07) is 7.18. The molecule has 0 radical (unpaired) electrons. The molecule has 94 valence electrons. The predicted molar refractivity (Wildman–Crippen MR) is 59.9 cm³/mol. The molecule has 0 aromatic heterocycles. The van der Waals surface area contributed by atoms with Crippen LogP contribution in [-0.2, 0) is 10.2 Å². The zero-order valence-corrected chi connectivity index (χ0v) is 10.1. The highest BCUT2D eigenvalue weighted by Gasteiger charge is 2.41. The second kappa shape index (κ2) is 4.51. The van der Waals surface area contributed by atoms with Crippen molar-refractivity contribution < 1.29 is 18.0 Å². The van der Waals surface area contributed by atoms with Gasteiger partial charge in [0.05, 0.1) is 0 Å². The number of benzene rings is 1. The topological polar surface area (TPSA) is 17.1 Å². The van der Waals surface area contributed by atoms with Gasteiger partial charge in [0, 0.05) is 6.42 Å². The molecule has 0 saturated carbocycles. The standard InChI is InChI=1S/C13H15F3O/c1-9-6-4-5-7-10(9)12(2,3)8-11(17)13(14,15)16/h4-7H,8H2,1-3H3. The van der Waals surface area contributed by atoms with Gasteiger partial charge in [0.2, 0.25) is 5.78 Å². The van der Waals surface area contributed by atoms with Crippen molar-refractivity contribution in [2.24, 2.45) is 0 Å². The van der Waals surface area contributed by atoms with E-state index in [0.717, 1.165) is 11.1 Å². The number of alkyl halides is 3. The molecule has 0 aliphatic rings. The maximum absolute atomic E-state index is 12.2. The Kier molecular flexibility index (Phi) is 3.65. The summed E-state index contributed by atoms with van der Waals surface area (Å²) in [6.45, 7) is 5.13. The molecule has 0 aliphatic heterocycles. The normalized spacial score (nSPS) is 12.6. The van der Waals surface area contributed by atoms with Crippen LogP contribution >= 0.6 is 0 Å². The van der Waals surface area contributed by atoms with E-state index in [0.29, 0.717) is 0 Å². The molecule has 0 aliphatic carbocycles. The molecule has 0 saturated heterocycles. The third kappa shape index (κ3) is 3.32. The van der Waals surface area contributed by atoms with Gasteiger partial charge in [-0.15, -0.1) is 0 Å².